The van der Waals surface area contributed by atoms with E-state index in [4.69, 9.17) is 9.47 Å². The van der Waals surface area contributed by atoms with Gasteiger partial charge in [0.25, 0.3) is 0 Å². The number of alkyl halides is 2. The Morgan fingerprint density at radius 3 is 2.57 bits per heavy atom. The molecule has 1 saturated heterocycles. The lowest BCUT2D eigenvalue weighted by Crippen LogP contribution is -2.47. The molecule has 9 heteroatoms. The van der Waals surface area contributed by atoms with E-state index in [2.05, 4.69) is 19.9 Å². The lowest BCUT2D eigenvalue weighted by molar-refractivity contribution is -0.146. The summed E-state index contributed by atoms with van der Waals surface area (Å²) in [5.41, 5.74) is 0.837. The fraction of sp³-hybridized carbons (Fsp3) is 0.579. The molecule has 0 bridgehead atoms. The van der Waals surface area contributed by atoms with Crippen LogP contribution in [0.25, 0.3) is 0 Å². The SMILES string of the molecule is CN=C(NCCc1ccc(OC)c(OC(F)F)c1)N1CCC(C(=O)OC)CC1. The molecule has 28 heavy (non-hydrogen) atoms. The molecule has 1 aliphatic rings. The van der Waals surface area contributed by atoms with Gasteiger partial charge in [-0.05, 0) is 37.0 Å². The summed E-state index contributed by atoms with van der Waals surface area (Å²) in [6.07, 6.45) is 2.04. The van der Waals surface area contributed by atoms with Crippen molar-refractivity contribution in [1.29, 1.82) is 0 Å². The van der Waals surface area contributed by atoms with E-state index in [1.807, 2.05) is 6.07 Å². The molecule has 1 aromatic carbocycles. The molecule has 0 aromatic heterocycles. The van der Waals surface area contributed by atoms with Gasteiger partial charge in [0, 0.05) is 26.7 Å². The number of guanidine groups is 1. The summed E-state index contributed by atoms with van der Waals surface area (Å²) in [7, 11) is 4.52. The largest absolute Gasteiger partial charge is 0.493 e. The molecule has 0 unspecified atom stereocenters. The maximum absolute atomic E-state index is 12.5. The van der Waals surface area contributed by atoms with E-state index in [-0.39, 0.29) is 23.4 Å². The van der Waals surface area contributed by atoms with Gasteiger partial charge in [-0.25, -0.2) is 0 Å². The number of halogens is 2. The second-order valence-electron chi connectivity index (χ2n) is 6.37. The highest BCUT2D eigenvalue weighted by Crippen LogP contribution is 2.29. The van der Waals surface area contributed by atoms with Crippen LogP contribution in [0, 0.1) is 5.92 Å². The molecule has 0 aliphatic carbocycles. The van der Waals surface area contributed by atoms with Crippen molar-refractivity contribution < 1.29 is 27.8 Å². The number of nitrogens with one attached hydrogen (secondary N) is 1. The van der Waals surface area contributed by atoms with Crippen molar-refractivity contribution in [2.24, 2.45) is 10.9 Å². The molecule has 0 radical (unpaired) electrons. The average molecular weight is 399 g/mol. The maximum atomic E-state index is 12.5. The second kappa shape index (κ2) is 10.7. The molecule has 0 atom stereocenters. The average Bonchev–Trinajstić information content (AvgIpc) is 2.70. The highest BCUT2D eigenvalue weighted by molar-refractivity contribution is 5.80. The van der Waals surface area contributed by atoms with Crippen LogP contribution in [-0.2, 0) is 16.0 Å². The van der Waals surface area contributed by atoms with Crippen LogP contribution in [-0.4, -0.2) is 64.3 Å². The zero-order valence-electron chi connectivity index (χ0n) is 16.4. The van der Waals surface area contributed by atoms with Gasteiger partial charge in [0.15, 0.2) is 17.5 Å². The number of carbonyl (C=O) groups excluding carboxylic acids is 1. The number of hydrogen-bond donors (Lipinski definition) is 1. The first-order valence-electron chi connectivity index (χ1n) is 9.13. The Hall–Kier alpha value is -2.58. The fourth-order valence-corrected chi connectivity index (χ4v) is 3.21. The quantitative estimate of drug-likeness (QED) is 0.431. The Kier molecular flexibility index (Phi) is 8.28. The number of methoxy groups -OCH3 is 2. The van der Waals surface area contributed by atoms with Crippen molar-refractivity contribution in [2.75, 3.05) is 40.9 Å². The van der Waals surface area contributed by atoms with Gasteiger partial charge in [-0.15, -0.1) is 0 Å². The number of likely N-dealkylation sites (tertiary alicyclic amines) is 1. The number of aliphatic imine (C=N–C) groups is 1. The summed E-state index contributed by atoms with van der Waals surface area (Å²) < 4.78 is 39.4. The van der Waals surface area contributed by atoms with Gasteiger partial charge >= 0.3 is 12.6 Å². The summed E-state index contributed by atoms with van der Waals surface area (Å²) in [6.45, 7) is -0.902. The molecule has 0 amide bonds. The lowest BCUT2D eigenvalue weighted by atomic mass is 9.97. The van der Waals surface area contributed by atoms with E-state index < -0.39 is 6.61 Å². The second-order valence-corrected chi connectivity index (χ2v) is 6.37. The van der Waals surface area contributed by atoms with Crippen molar-refractivity contribution in [3.63, 3.8) is 0 Å². The first-order valence-corrected chi connectivity index (χ1v) is 9.13. The lowest BCUT2D eigenvalue weighted by Gasteiger charge is -2.33. The van der Waals surface area contributed by atoms with Crippen LogP contribution in [0.15, 0.2) is 23.2 Å². The van der Waals surface area contributed by atoms with Gasteiger partial charge in [-0.3, -0.25) is 9.79 Å². The number of carbonyl (C=O) groups is 1. The molecule has 1 aliphatic heterocycles. The van der Waals surface area contributed by atoms with E-state index in [1.54, 1.807) is 19.2 Å². The number of piperidine rings is 1. The van der Waals surface area contributed by atoms with Gasteiger partial charge < -0.3 is 24.4 Å². The minimum atomic E-state index is -2.91. The molecule has 0 spiro atoms. The summed E-state index contributed by atoms with van der Waals surface area (Å²) in [4.78, 5) is 18.0. The smallest absolute Gasteiger partial charge is 0.387 e. The number of hydrogen-bond acceptors (Lipinski definition) is 5. The number of esters is 1. The summed E-state index contributed by atoms with van der Waals surface area (Å²) in [5, 5.41) is 3.27. The van der Waals surface area contributed by atoms with Gasteiger partial charge in [-0.2, -0.15) is 8.78 Å². The zero-order valence-corrected chi connectivity index (χ0v) is 16.4. The first kappa shape index (κ1) is 21.7. The predicted molar refractivity (Wildman–Crippen MR) is 101 cm³/mol. The number of benzene rings is 1. The number of ether oxygens (including phenoxy) is 3. The molecule has 1 N–H and O–H groups in total. The van der Waals surface area contributed by atoms with Crippen molar-refractivity contribution >= 4 is 11.9 Å². The Labute approximate surface area is 163 Å². The molecule has 1 aromatic rings. The molecular formula is C19H27F2N3O4. The van der Waals surface area contributed by atoms with Crippen LogP contribution in [0.3, 0.4) is 0 Å². The van der Waals surface area contributed by atoms with Crippen LogP contribution in [0.2, 0.25) is 0 Å². The third-order valence-electron chi connectivity index (χ3n) is 4.68. The van der Waals surface area contributed by atoms with Crippen LogP contribution >= 0.6 is 0 Å². The fourth-order valence-electron chi connectivity index (χ4n) is 3.21. The molecule has 0 saturated carbocycles. The minimum absolute atomic E-state index is 0.0178. The molecule has 1 fully saturated rings. The van der Waals surface area contributed by atoms with Gasteiger partial charge in [0.2, 0.25) is 0 Å². The van der Waals surface area contributed by atoms with Crippen LogP contribution in [0.1, 0.15) is 18.4 Å². The summed E-state index contributed by atoms with van der Waals surface area (Å²) in [6, 6.07) is 4.97. The maximum Gasteiger partial charge on any atom is 0.387 e. The Morgan fingerprint density at radius 2 is 2.00 bits per heavy atom. The Bertz CT molecular complexity index is 677. The minimum Gasteiger partial charge on any atom is -0.493 e. The van der Waals surface area contributed by atoms with Crippen LogP contribution < -0.4 is 14.8 Å². The monoisotopic (exact) mass is 399 g/mol. The van der Waals surface area contributed by atoms with Crippen LogP contribution in [0.4, 0.5) is 8.78 Å². The van der Waals surface area contributed by atoms with E-state index in [9.17, 15) is 13.6 Å². The summed E-state index contributed by atoms with van der Waals surface area (Å²) in [5.74, 6) is 0.808. The third kappa shape index (κ3) is 5.97. The van der Waals surface area contributed by atoms with Gasteiger partial charge in [0.05, 0.1) is 20.1 Å². The molecule has 7 nitrogen and oxygen atoms in total. The summed E-state index contributed by atoms with van der Waals surface area (Å²) >= 11 is 0. The van der Waals surface area contributed by atoms with Crippen LogP contribution in [0.5, 0.6) is 11.5 Å². The van der Waals surface area contributed by atoms with E-state index in [0.29, 0.717) is 26.1 Å². The van der Waals surface area contributed by atoms with Crippen molar-refractivity contribution in [3.05, 3.63) is 23.8 Å². The molecule has 2 rings (SSSR count). The predicted octanol–water partition coefficient (Wildman–Crippen LogP) is 2.30. The van der Waals surface area contributed by atoms with E-state index in [1.165, 1.54) is 14.2 Å². The Morgan fingerprint density at radius 1 is 1.29 bits per heavy atom. The van der Waals surface area contributed by atoms with E-state index in [0.717, 1.165) is 24.4 Å². The van der Waals surface area contributed by atoms with Gasteiger partial charge in [0.1, 0.15) is 0 Å². The molecular weight excluding hydrogens is 372 g/mol. The first-order chi connectivity index (χ1) is 13.5. The Balaban J connectivity index is 1.87. The van der Waals surface area contributed by atoms with Crippen molar-refractivity contribution in [3.8, 4) is 11.5 Å². The topological polar surface area (TPSA) is 72.4 Å². The van der Waals surface area contributed by atoms with E-state index >= 15 is 0 Å². The third-order valence-corrected chi connectivity index (χ3v) is 4.68. The van der Waals surface area contributed by atoms with Gasteiger partial charge in [-0.1, -0.05) is 6.07 Å². The normalized spacial score (nSPS) is 15.5. The molecule has 1 heterocycles. The van der Waals surface area contributed by atoms with Crippen molar-refractivity contribution in [1.82, 2.24) is 10.2 Å². The zero-order chi connectivity index (χ0) is 20.5. The molecule has 156 valence electrons. The highest BCUT2D eigenvalue weighted by Gasteiger charge is 2.26. The highest BCUT2D eigenvalue weighted by atomic mass is 19.3. The van der Waals surface area contributed by atoms with Crippen molar-refractivity contribution in [2.45, 2.75) is 25.9 Å². The standard InChI is InChI=1S/C19H27F2N3O4/c1-22-19(24-10-7-14(8-11-24)17(25)27-3)23-9-6-13-4-5-15(26-2)16(12-13)28-18(20)21/h4-5,12,14,18H,6-11H2,1-3H3,(H,22,23). The number of rotatable bonds is 7. The number of nitrogens with zero attached hydrogens (tertiary/aromatic N) is 2.